The summed E-state index contributed by atoms with van der Waals surface area (Å²) in [5.41, 5.74) is -0.289. The Balaban J connectivity index is 2.56. The Bertz CT molecular complexity index is 683. The van der Waals surface area contributed by atoms with Crippen LogP contribution in [0.1, 0.15) is 24.1 Å². The molecule has 124 valence electrons. The molecular weight excluding hydrogens is 313 g/mol. The molecule has 0 saturated heterocycles. The van der Waals surface area contributed by atoms with Crippen LogP contribution in [-0.4, -0.2) is 31.1 Å². The lowest BCUT2D eigenvalue weighted by Crippen LogP contribution is -2.46. The predicted molar refractivity (Wildman–Crippen MR) is 75.2 cm³/mol. The third kappa shape index (κ3) is 3.15. The second kappa shape index (κ2) is 5.94. The number of nitrogens with zero attached hydrogens (tertiary/aromatic N) is 1. The fourth-order valence-corrected chi connectivity index (χ4v) is 2.35. The first-order chi connectivity index (χ1) is 10.7. The molecule has 5 nitrogen and oxygen atoms in total. The zero-order valence-electron chi connectivity index (χ0n) is 12.7. The number of amides is 2. The fraction of sp³-hybridized carbons (Fsp3) is 0.333. The number of urea groups is 1. The number of hydrogen-bond donors (Lipinski definition) is 1. The number of alkyl halides is 3. The van der Waals surface area contributed by atoms with Gasteiger partial charge in [0.2, 0.25) is 0 Å². The maximum Gasteiger partial charge on any atom is 0.416 e. The molecule has 1 aromatic rings. The normalized spacial score (nSPS) is 18.8. The Morgan fingerprint density at radius 2 is 2.00 bits per heavy atom. The van der Waals surface area contributed by atoms with E-state index in [1.165, 1.54) is 38.1 Å². The standard InChI is InChI=1S/C15H15F3N2O3/c1-8-11(13(21)23-3)12(19-14(22)20(8)2)9-5-4-6-10(7-9)15(16,17)18/h4-7,12H,1-3H3,(H,19,22)/t12-/m0/s1. The summed E-state index contributed by atoms with van der Waals surface area (Å²) in [6.45, 7) is 1.53. The minimum atomic E-state index is -4.52. The van der Waals surface area contributed by atoms with Crippen molar-refractivity contribution in [2.45, 2.75) is 19.1 Å². The Hall–Kier alpha value is -2.51. The lowest BCUT2D eigenvalue weighted by molar-refractivity contribution is -0.137. The molecule has 1 aliphatic rings. The Labute approximate surface area is 130 Å². The van der Waals surface area contributed by atoms with Crippen molar-refractivity contribution in [1.29, 1.82) is 0 Å². The lowest BCUT2D eigenvalue weighted by atomic mass is 9.94. The Morgan fingerprint density at radius 1 is 1.35 bits per heavy atom. The van der Waals surface area contributed by atoms with Gasteiger partial charge in [0.25, 0.3) is 0 Å². The van der Waals surface area contributed by atoms with Crippen LogP contribution >= 0.6 is 0 Å². The van der Waals surface area contributed by atoms with Gasteiger partial charge in [-0.2, -0.15) is 13.2 Å². The monoisotopic (exact) mass is 328 g/mol. The van der Waals surface area contributed by atoms with Crippen molar-refractivity contribution in [3.63, 3.8) is 0 Å². The van der Waals surface area contributed by atoms with Crippen LogP contribution in [-0.2, 0) is 15.7 Å². The molecule has 0 radical (unpaired) electrons. The van der Waals surface area contributed by atoms with Gasteiger partial charge < -0.3 is 15.0 Å². The van der Waals surface area contributed by atoms with Crippen LogP contribution in [0.2, 0.25) is 0 Å². The maximum atomic E-state index is 12.9. The van der Waals surface area contributed by atoms with Crippen molar-refractivity contribution in [3.8, 4) is 0 Å². The predicted octanol–water partition coefficient (Wildman–Crippen LogP) is 2.85. The van der Waals surface area contributed by atoms with E-state index in [2.05, 4.69) is 5.32 Å². The minimum Gasteiger partial charge on any atom is -0.466 e. The molecule has 1 aliphatic heterocycles. The third-order valence-electron chi connectivity index (χ3n) is 3.71. The number of allylic oxidation sites excluding steroid dienone is 1. The number of ether oxygens (including phenoxy) is 1. The van der Waals surface area contributed by atoms with Crippen molar-refractivity contribution in [1.82, 2.24) is 10.2 Å². The zero-order chi connectivity index (χ0) is 17.4. The molecule has 0 fully saturated rings. The van der Waals surface area contributed by atoms with Gasteiger partial charge in [-0.15, -0.1) is 0 Å². The van der Waals surface area contributed by atoms with Gasteiger partial charge in [0, 0.05) is 12.7 Å². The van der Waals surface area contributed by atoms with Crippen molar-refractivity contribution in [3.05, 3.63) is 46.7 Å². The van der Waals surface area contributed by atoms with Gasteiger partial charge in [-0.25, -0.2) is 9.59 Å². The number of benzene rings is 1. The molecule has 0 unspecified atom stereocenters. The topological polar surface area (TPSA) is 58.6 Å². The van der Waals surface area contributed by atoms with Gasteiger partial charge >= 0.3 is 18.2 Å². The molecule has 0 aromatic heterocycles. The molecule has 0 aliphatic carbocycles. The molecule has 1 aromatic carbocycles. The Kier molecular flexibility index (Phi) is 4.35. The molecule has 0 spiro atoms. The third-order valence-corrected chi connectivity index (χ3v) is 3.71. The number of halogens is 3. The molecule has 2 rings (SSSR count). The van der Waals surface area contributed by atoms with Crippen LogP contribution in [0.15, 0.2) is 35.5 Å². The van der Waals surface area contributed by atoms with Gasteiger partial charge in [-0.3, -0.25) is 0 Å². The van der Waals surface area contributed by atoms with E-state index in [-0.39, 0.29) is 11.1 Å². The summed E-state index contributed by atoms with van der Waals surface area (Å²) in [6.07, 6.45) is -4.52. The SMILES string of the molecule is COC(=O)C1=C(C)N(C)C(=O)N[C@H]1c1cccc(C(F)(F)F)c1. The highest BCUT2D eigenvalue weighted by Crippen LogP contribution is 2.34. The summed E-state index contributed by atoms with van der Waals surface area (Å²) in [5.74, 6) is -0.711. The minimum absolute atomic E-state index is 0.0916. The van der Waals surface area contributed by atoms with E-state index in [0.29, 0.717) is 5.70 Å². The highest BCUT2D eigenvalue weighted by atomic mass is 19.4. The average Bonchev–Trinajstić information content (AvgIpc) is 2.51. The number of carbonyl (C=O) groups is 2. The molecular formula is C15H15F3N2O3. The van der Waals surface area contributed by atoms with Crippen LogP contribution in [0.25, 0.3) is 0 Å². The summed E-state index contributed by atoms with van der Waals surface area (Å²) in [5, 5.41) is 2.52. The molecule has 0 bridgehead atoms. The van der Waals surface area contributed by atoms with E-state index >= 15 is 0 Å². The number of esters is 1. The summed E-state index contributed by atoms with van der Waals surface area (Å²) in [7, 11) is 2.62. The van der Waals surface area contributed by atoms with Crippen molar-refractivity contribution in [2.24, 2.45) is 0 Å². The van der Waals surface area contributed by atoms with E-state index in [9.17, 15) is 22.8 Å². The second-order valence-electron chi connectivity index (χ2n) is 5.06. The molecule has 2 amide bonds. The summed E-state index contributed by atoms with van der Waals surface area (Å²) in [4.78, 5) is 25.2. The summed E-state index contributed by atoms with van der Waals surface area (Å²) >= 11 is 0. The van der Waals surface area contributed by atoms with Crippen molar-refractivity contribution >= 4 is 12.0 Å². The smallest absolute Gasteiger partial charge is 0.416 e. The van der Waals surface area contributed by atoms with Gasteiger partial charge in [0.1, 0.15) is 0 Å². The quantitative estimate of drug-likeness (QED) is 0.849. The first-order valence-electron chi connectivity index (χ1n) is 6.67. The number of rotatable bonds is 2. The van der Waals surface area contributed by atoms with E-state index in [1.807, 2.05) is 0 Å². The number of carbonyl (C=O) groups excluding carboxylic acids is 2. The zero-order valence-corrected chi connectivity index (χ0v) is 12.7. The molecule has 0 saturated carbocycles. The van der Waals surface area contributed by atoms with Gasteiger partial charge in [0.05, 0.1) is 24.3 Å². The summed E-state index contributed by atoms with van der Waals surface area (Å²) < 4.78 is 43.3. The average molecular weight is 328 g/mol. The molecule has 23 heavy (non-hydrogen) atoms. The molecule has 8 heteroatoms. The van der Waals surface area contributed by atoms with Gasteiger partial charge in [-0.05, 0) is 24.6 Å². The van der Waals surface area contributed by atoms with E-state index in [4.69, 9.17) is 4.74 Å². The largest absolute Gasteiger partial charge is 0.466 e. The van der Waals surface area contributed by atoms with Gasteiger partial charge in [0.15, 0.2) is 0 Å². The number of hydrogen-bond acceptors (Lipinski definition) is 3. The first-order valence-corrected chi connectivity index (χ1v) is 6.67. The van der Waals surface area contributed by atoms with Crippen molar-refractivity contribution < 1.29 is 27.5 Å². The van der Waals surface area contributed by atoms with Crippen LogP contribution in [0.3, 0.4) is 0 Å². The van der Waals surface area contributed by atoms with E-state index < -0.39 is 29.8 Å². The first kappa shape index (κ1) is 16.9. The number of nitrogens with one attached hydrogen (secondary N) is 1. The van der Waals surface area contributed by atoms with Gasteiger partial charge in [-0.1, -0.05) is 12.1 Å². The molecule has 1 atom stereocenters. The van der Waals surface area contributed by atoms with E-state index in [1.54, 1.807) is 0 Å². The highest BCUT2D eigenvalue weighted by molar-refractivity contribution is 5.94. The Morgan fingerprint density at radius 3 is 2.57 bits per heavy atom. The van der Waals surface area contributed by atoms with Crippen molar-refractivity contribution in [2.75, 3.05) is 14.2 Å². The molecule has 1 heterocycles. The maximum absolute atomic E-state index is 12.9. The van der Waals surface area contributed by atoms with Crippen LogP contribution in [0.4, 0.5) is 18.0 Å². The van der Waals surface area contributed by atoms with Crippen LogP contribution < -0.4 is 5.32 Å². The van der Waals surface area contributed by atoms with E-state index in [0.717, 1.165) is 12.1 Å². The summed E-state index contributed by atoms with van der Waals surface area (Å²) in [6, 6.07) is 2.96. The molecule has 1 N–H and O–H groups in total. The lowest BCUT2D eigenvalue weighted by Gasteiger charge is -2.33. The highest BCUT2D eigenvalue weighted by Gasteiger charge is 2.36. The van der Waals surface area contributed by atoms with Crippen LogP contribution in [0.5, 0.6) is 0 Å². The van der Waals surface area contributed by atoms with Crippen LogP contribution in [0, 0.1) is 0 Å². The fourth-order valence-electron chi connectivity index (χ4n) is 2.35. The second-order valence-corrected chi connectivity index (χ2v) is 5.06. The number of methoxy groups -OCH3 is 1.